The lowest BCUT2D eigenvalue weighted by Gasteiger charge is -1.98. The van der Waals surface area contributed by atoms with Crippen molar-refractivity contribution >= 4 is 12.2 Å². The van der Waals surface area contributed by atoms with Crippen molar-refractivity contribution in [2.45, 2.75) is 20.4 Å². The molecule has 15 heavy (non-hydrogen) atoms. The van der Waals surface area contributed by atoms with E-state index in [1.807, 2.05) is 6.92 Å². The fourth-order valence-electron chi connectivity index (χ4n) is 1.36. The molecule has 80 valence electrons. The molecule has 0 aliphatic carbocycles. The van der Waals surface area contributed by atoms with E-state index in [1.54, 1.807) is 6.92 Å². The molecule has 0 radical (unpaired) electrons. The van der Waals surface area contributed by atoms with Crippen molar-refractivity contribution in [3.8, 4) is 0 Å². The number of rotatable bonds is 2. The van der Waals surface area contributed by atoms with Crippen LogP contribution in [0.3, 0.4) is 0 Å². The number of H-pyrrole nitrogens is 2. The first kappa shape index (κ1) is 9.91. The molecule has 0 amide bonds. The quantitative estimate of drug-likeness (QED) is 0.745. The predicted molar refractivity (Wildman–Crippen MR) is 55.3 cm³/mol. The molecule has 2 N–H and O–H groups in total. The third-order valence-corrected chi connectivity index (χ3v) is 2.59. The van der Waals surface area contributed by atoms with E-state index in [1.165, 1.54) is 4.57 Å². The summed E-state index contributed by atoms with van der Waals surface area (Å²) in [6, 6.07) is 0. The van der Waals surface area contributed by atoms with Gasteiger partial charge in [0.25, 0.3) is 0 Å². The second-order valence-electron chi connectivity index (χ2n) is 3.25. The van der Waals surface area contributed by atoms with E-state index in [0.29, 0.717) is 17.1 Å². The monoisotopic (exact) mass is 226 g/mol. The number of nitrogens with zero attached hydrogens (tertiary/aromatic N) is 2. The molecule has 0 aliphatic heterocycles. The molecule has 2 heterocycles. The van der Waals surface area contributed by atoms with Crippen molar-refractivity contribution in [2.75, 3.05) is 0 Å². The highest BCUT2D eigenvalue weighted by molar-refractivity contribution is 7.71. The average molecular weight is 226 g/mol. The van der Waals surface area contributed by atoms with E-state index in [0.717, 1.165) is 11.3 Å². The highest BCUT2D eigenvalue weighted by atomic mass is 32.1. The van der Waals surface area contributed by atoms with E-state index in [4.69, 9.17) is 16.7 Å². The Morgan fingerprint density at radius 1 is 1.47 bits per heavy atom. The van der Waals surface area contributed by atoms with E-state index in [9.17, 15) is 4.79 Å². The van der Waals surface area contributed by atoms with Gasteiger partial charge in [-0.2, -0.15) is 0 Å². The molecular formula is C8H10N4O2S. The molecule has 6 nitrogen and oxygen atoms in total. The summed E-state index contributed by atoms with van der Waals surface area (Å²) in [5, 5.41) is 8.80. The van der Waals surface area contributed by atoms with Gasteiger partial charge in [-0.1, -0.05) is 5.16 Å². The molecule has 2 aromatic heterocycles. The number of aryl methyl sites for hydroxylation is 2. The van der Waals surface area contributed by atoms with Gasteiger partial charge in [0.1, 0.15) is 5.76 Å². The molecule has 2 aromatic rings. The number of nitrogens with one attached hydrogen (secondary N) is 2. The zero-order chi connectivity index (χ0) is 11.0. The molecule has 0 unspecified atom stereocenters. The predicted octanol–water partition coefficient (Wildman–Crippen LogP) is 0.887. The van der Waals surface area contributed by atoms with Gasteiger partial charge in [-0.3, -0.25) is 9.67 Å². The largest absolute Gasteiger partial charge is 0.361 e. The van der Waals surface area contributed by atoms with Gasteiger partial charge in [0.2, 0.25) is 0 Å². The summed E-state index contributed by atoms with van der Waals surface area (Å²) in [5.41, 5.74) is 1.39. The van der Waals surface area contributed by atoms with E-state index in [2.05, 4.69) is 15.4 Å². The van der Waals surface area contributed by atoms with Crippen LogP contribution in [0.15, 0.2) is 9.32 Å². The van der Waals surface area contributed by atoms with Crippen LogP contribution in [0, 0.1) is 18.6 Å². The summed E-state index contributed by atoms with van der Waals surface area (Å²) >= 11 is 4.96. The Morgan fingerprint density at radius 2 is 2.20 bits per heavy atom. The molecule has 2 rings (SSSR count). The average Bonchev–Trinajstić information content (AvgIpc) is 2.67. The van der Waals surface area contributed by atoms with Crippen LogP contribution in [0.4, 0.5) is 0 Å². The summed E-state index contributed by atoms with van der Waals surface area (Å²) in [5.74, 6) is 0.704. The van der Waals surface area contributed by atoms with Gasteiger partial charge in [-0.25, -0.2) is 9.89 Å². The van der Waals surface area contributed by atoms with Gasteiger partial charge in [0, 0.05) is 5.56 Å². The van der Waals surface area contributed by atoms with Crippen LogP contribution in [0.5, 0.6) is 0 Å². The second kappa shape index (κ2) is 3.50. The van der Waals surface area contributed by atoms with Crippen molar-refractivity contribution in [3.63, 3.8) is 0 Å². The topological polar surface area (TPSA) is 79.6 Å². The molecule has 0 fully saturated rings. The second-order valence-corrected chi connectivity index (χ2v) is 3.64. The molecule has 0 aliphatic rings. The lowest BCUT2D eigenvalue weighted by molar-refractivity contribution is 0.392. The van der Waals surface area contributed by atoms with Gasteiger partial charge in [0.15, 0.2) is 4.77 Å². The molecule has 0 saturated heterocycles. The minimum absolute atomic E-state index is 0.264. The van der Waals surface area contributed by atoms with Crippen LogP contribution in [0.2, 0.25) is 0 Å². The van der Waals surface area contributed by atoms with Crippen LogP contribution in [-0.2, 0) is 6.54 Å². The molecule has 0 spiro atoms. The zero-order valence-corrected chi connectivity index (χ0v) is 9.14. The maximum Gasteiger partial charge on any atom is 0.342 e. The molecule has 0 saturated carbocycles. The first-order valence-corrected chi connectivity index (χ1v) is 4.79. The number of aromatic amines is 2. The van der Waals surface area contributed by atoms with Gasteiger partial charge < -0.3 is 4.52 Å². The number of hydrogen-bond acceptors (Lipinski definition) is 4. The van der Waals surface area contributed by atoms with Gasteiger partial charge in [-0.05, 0) is 26.1 Å². The Balaban J connectivity index is 2.46. The van der Waals surface area contributed by atoms with Crippen molar-refractivity contribution in [3.05, 3.63) is 32.3 Å². The van der Waals surface area contributed by atoms with Crippen LogP contribution < -0.4 is 5.69 Å². The molecule has 0 aromatic carbocycles. The van der Waals surface area contributed by atoms with Crippen LogP contribution in [-0.4, -0.2) is 19.9 Å². The van der Waals surface area contributed by atoms with E-state index < -0.39 is 0 Å². The Hall–Kier alpha value is -1.63. The summed E-state index contributed by atoms with van der Waals surface area (Å²) in [6.07, 6.45) is 0. The molecular weight excluding hydrogens is 216 g/mol. The number of hydrogen-bond donors (Lipinski definition) is 2. The Morgan fingerprint density at radius 3 is 2.67 bits per heavy atom. The third-order valence-electron chi connectivity index (χ3n) is 2.26. The Labute approximate surface area is 89.9 Å². The summed E-state index contributed by atoms with van der Waals surface area (Å²) in [4.78, 5) is 11.3. The first-order chi connectivity index (χ1) is 7.09. The minimum atomic E-state index is -0.264. The highest BCUT2D eigenvalue weighted by Crippen LogP contribution is 2.12. The van der Waals surface area contributed by atoms with Crippen LogP contribution in [0.1, 0.15) is 17.0 Å². The molecule has 0 atom stereocenters. The smallest absolute Gasteiger partial charge is 0.342 e. The van der Waals surface area contributed by atoms with E-state index in [-0.39, 0.29) is 5.69 Å². The molecule has 0 bridgehead atoms. The maximum absolute atomic E-state index is 11.3. The van der Waals surface area contributed by atoms with Gasteiger partial charge >= 0.3 is 5.69 Å². The zero-order valence-electron chi connectivity index (χ0n) is 8.33. The fraction of sp³-hybridized carbons (Fsp3) is 0.375. The minimum Gasteiger partial charge on any atom is -0.361 e. The van der Waals surface area contributed by atoms with Crippen molar-refractivity contribution in [1.29, 1.82) is 0 Å². The summed E-state index contributed by atoms with van der Waals surface area (Å²) in [7, 11) is 0. The fourth-order valence-corrected chi connectivity index (χ4v) is 1.56. The highest BCUT2D eigenvalue weighted by Gasteiger charge is 2.11. The Kier molecular flexibility index (Phi) is 2.31. The summed E-state index contributed by atoms with van der Waals surface area (Å²) in [6.45, 7) is 4.01. The number of aromatic nitrogens is 4. The lowest BCUT2D eigenvalue weighted by Crippen LogP contribution is -2.18. The first-order valence-electron chi connectivity index (χ1n) is 4.39. The van der Waals surface area contributed by atoms with Crippen LogP contribution in [0.25, 0.3) is 0 Å². The standard InChI is InChI=1S/C8H10N4O2S/c1-4-6(5(2)14-11-4)3-12-7(13)9-10-8(12)15/h3H2,1-2H3,(H,9,13)(H,10,15). The van der Waals surface area contributed by atoms with Crippen molar-refractivity contribution in [1.82, 2.24) is 19.9 Å². The third kappa shape index (κ3) is 1.65. The van der Waals surface area contributed by atoms with Gasteiger partial charge in [0.05, 0.1) is 12.2 Å². The van der Waals surface area contributed by atoms with Crippen molar-refractivity contribution < 1.29 is 4.52 Å². The SMILES string of the molecule is Cc1noc(C)c1Cn1c(=O)[nH][nH]c1=S. The van der Waals surface area contributed by atoms with Crippen molar-refractivity contribution in [2.24, 2.45) is 0 Å². The lowest BCUT2D eigenvalue weighted by atomic mass is 10.2. The van der Waals surface area contributed by atoms with Gasteiger partial charge in [-0.15, -0.1) is 0 Å². The molecule has 7 heteroatoms. The normalized spacial score (nSPS) is 10.8. The summed E-state index contributed by atoms with van der Waals surface area (Å²) < 4.78 is 6.78. The van der Waals surface area contributed by atoms with Crippen LogP contribution >= 0.6 is 12.2 Å². The Bertz CT molecular complexity index is 541. The van der Waals surface area contributed by atoms with E-state index >= 15 is 0 Å². The maximum atomic E-state index is 11.3.